The molecule has 0 aliphatic carbocycles. The lowest BCUT2D eigenvalue weighted by atomic mass is 10.1. The molecular weight excluding hydrogens is 340 g/mol. The van der Waals surface area contributed by atoms with Crippen molar-refractivity contribution >= 4 is 11.6 Å². The van der Waals surface area contributed by atoms with Crippen molar-refractivity contribution in [2.45, 2.75) is 12.8 Å². The molecule has 0 amide bonds. The number of nitrogens with zero attached hydrogens (tertiary/aromatic N) is 2. The molecule has 0 aromatic heterocycles. The zero-order valence-corrected chi connectivity index (χ0v) is 16.4. The molecule has 0 saturated heterocycles. The highest BCUT2D eigenvalue weighted by Gasteiger charge is 2.04. The van der Waals surface area contributed by atoms with Gasteiger partial charge < -0.3 is 25.4 Å². The van der Waals surface area contributed by atoms with Gasteiger partial charge in [0.1, 0.15) is 0 Å². The molecule has 146 valence electrons. The van der Waals surface area contributed by atoms with E-state index in [1.165, 1.54) is 5.69 Å². The number of nitrogens with one attached hydrogen (secondary N) is 1. The normalized spacial score (nSPS) is 11.1. The second-order valence-corrected chi connectivity index (χ2v) is 6.24. The van der Waals surface area contributed by atoms with Crippen molar-refractivity contribution in [3.8, 4) is 11.5 Å². The molecule has 2 aromatic rings. The lowest BCUT2D eigenvalue weighted by molar-refractivity contribution is 0.354. The van der Waals surface area contributed by atoms with Gasteiger partial charge in [-0.15, -0.1) is 0 Å². The second kappa shape index (κ2) is 11.0. The lowest BCUT2D eigenvalue weighted by Crippen LogP contribution is -2.33. The summed E-state index contributed by atoms with van der Waals surface area (Å²) in [4.78, 5) is 6.61. The standard InChI is InChI=1S/C21H30N4O2/c1-25(18-8-5-4-6-9-18)15-7-13-23-21(22)24-14-12-17-10-11-19(26-2)20(16-17)27-3/h4-6,8-11,16H,7,12-15H2,1-3H3,(H3,22,23,24). The minimum Gasteiger partial charge on any atom is -0.493 e. The number of anilines is 1. The van der Waals surface area contributed by atoms with Gasteiger partial charge in [0, 0.05) is 32.4 Å². The molecule has 2 aromatic carbocycles. The van der Waals surface area contributed by atoms with E-state index in [1.807, 2.05) is 36.4 Å². The average molecular weight is 370 g/mol. The summed E-state index contributed by atoms with van der Waals surface area (Å²) < 4.78 is 10.6. The Bertz CT molecular complexity index is 719. The van der Waals surface area contributed by atoms with Crippen molar-refractivity contribution in [3.63, 3.8) is 0 Å². The van der Waals surface area contributed by atoms with Crippen LogP contribution >= 0.6 is 0 Å². The van der Waals surface area contributed by atoms with E-state index in [4.69, 9.17) is 15.2 Å². The maximum Gasteiger partial charge on any atom is 0.188 e. The molecule has 0 aliphatic rings. The highest BCUT2D eigenvalue weighted by Crippen LogP contribution is 2.27. The fraction of sp³-hybridized carbons (Fsp3) is 0.381. The van der Waals surface area contributed by atoms with Crippen LogP contribution in [0.15, 0.2) is 53.5 Å². The first-order chi connectivity index (χ1) is 13.1. The summed E-state index contributed by atoms with van der Waals surface area (Å²) >= 11 is 0. The Morgan fingerprint density at radius 1 is 1.07 bits per heavy atom. The summed E-state index contributed by atoms with van der Waals surface area (Å²) in [5.41, 5.74) is 8.31. The Labute approximate surface area is 162 Å². The number of nitrogens with two attached hydrogens (primary N) is 1. The fourth-order valence-corrected chi connectivity index (χ4v) is 2.75. The van der Waals surface area contributed by atoms with E-state index in [-0.39, 0.29) is 0 Å². The van der Waals surface area contributed by atoms with E-state index >= 15 is 0 Å². The number of ether oxygens (including phenoxy) is 2. The number of aliphatic imine (C=N–C) groups is 1. The van der Waals surface area contributed by atoms with Crippen LogP contribution in [0.1, 0.15) is 12.0 Å². The molecule has 0 aliphatic heterocycles. The number of rotatable bonds is 10. The van der Waals surface area contributed by atoms with Gasteiger partial charge in [0.05, 0.1) is 14.2 Å². The summed E-state index contributed by atoms with van der Waals surface area (Å²) in [7, 11) is 5.36. The number of benzene rings is 2. The van der Waals surface area contributed by atoms with Crippen LogP contribution in [0, 0.1) is 0 Å². The second-order valence-electron chi connectivity index (χ2n) is 6.24. The van der Waals surface area contributed by atoms with Crippen LogP contribution in [0.3, 0.4) is 0 Å². The number of para-hydroxylation sites is 1. The molecule has 6 heteroatoms. The molecule has 6 nitrogen and oxygen atoms in total. The van der Waals surface area contributed by atoms with Gasteiger partial charge in [-0.05, 0) is 42.7 Å². The van der Waals surface area contributed by atoms with Gasteiger partial charge >= 0.3 is 0 Å². The molecule has 0 radical (unpaired) electrons. The van der Waals surface area contributed by atoms with Crippen LogP contribution < -0.4 is 25.4 Å². The summed E-state index contributed by atoms with van der Waals surface area (Å²) in [5, 5.41) is 3.16. The number of hydrogen-bond donors (Lipinski definition) is 2. The Hall–Kier alpha value is -2.89. The van der Waals surface area contributed by atoms with Gasteiger partial charge in [0.25, 0.3) is 0 Å². The highest BCUT2D eigenvalue weighted by molar-refractivity contribution is 5.77. The van der Waals surface area contributed by atoms with Crippen molar-refractivity contribution in [2.75, 3.05) is 45.8 Å². The molecule has 27 heavy (non-hydrogen) atoms. The van der Waals surface area contributed by atoms with E-state index in [0.29, 0.717) is 19.0 Å². The van der Waals surface area contributed by atoms with E-state index < -0.39 is 0 Å². The summed E-state index contributed by atoms with van der Waals surface area (Å²) in [6.45, 7) is 2.35. The highest BCUT2D eigenvalue weighted by atomic mass is 16.5. The van der Waals surface area contributed by atoms with Crippen molar-refractivity contribution < 1.29 is 9.47 Å². The van der Waals surface area contributed by atoms with E-state index in [1.54, 1.807) is 14.2 Å². The minimum atomic E-state index is 0.484. The Kier molecular flexibility index (Phi) is 8.29. The molecule has 3 N–H and O–H groups in total. The van der Waals surface area contributed by atoms with E-state index in [9.17, 15) is 0 Å². The first kappa shape index (κ1) is 20.4. The van der Waals surface area contributed by atoms with Crippen LogP contribution in [0.25, 0.3) is 0 Å². The first-order valence-electron chi connectivity index (χ1n) is 9.15. The zero-order chi connectivity index (χ0) is 19.5. The SMILES string of the molecule is COc1ccc(CCNC(N)=NCCCN(C)c2ccccc2)cc1OC. The third kappa shape index (κ3) is 6.73. The van der Waals surface area contributed by atoms with Crippen LogP contribution in [-0.2, 0) is 6.42 Å². The molecule has 0 heterocycles. The predicted molar refractivity (Wildman–Crippen MR) is 112 cm³/mol. The number of hydrogen-bond acceptors (Lipinski definition) is 4. The van der Waals surface area contributed by atoms with Crippen molar-refractivity contribution in [3.05, 3.63) is 54.1 Å². The molecule has 0 atom stereocenters. The average Bonchev–Trinajstić information content (AvgIpc) is 2.71. The van der Waals surface area contributed by atoms with Gasteiger partial charge in [-0.1, -0.05) is 24.3 Å². The first-order valence-corrected chi connectivity index (χ1v) is 9.15. The van der Waals surface area contributed by atoms with Crippen LogP contribution in [-0.4, -0.2) is 46.9 Å². The van der Waals surface area contributed by atoms with Gasteiger partial charge in [0.2, 0.25) is 0 Å². The van der Waals surface area contributed by atoms with Gasteiger partial charge in [0.15, 0.2) is 17.5 Å². The molecule has 0 saturated carbocycles. The van der Waals surface area contributed by atoms with Gasteiger partial charge in [-0.2, -0.15) is 0 Å². The Morgan fingerprint density at radius 3 is 2.52 bits per heavy atom. The minimum absolute atomic E-state index is 0.484. The largest absolute Gasteiger partial charge is 0.493 e. The zero-order valence-electron chi connectivity index (χ0n) is 16.4. The number of methoxy groups -OCH3 is 2. The third-order valence-electron chi connectivity index (χ3n) is 4.30. The molecule has 2 rings (SSSR count). The smallest absolute Gasteiger partial charge is 0.188 e. The van der Waals surface area contributed by atoms with E-state index in [0.717, 1.165) is 36.4 Å². The molecular formula is C21H30N4O2. The monoisotopic (exact) mass is 370 g/mol. The molecule has 0 spiro atoms. The fourth-order valence-electron chi connectivity index (χ4n) is 2.75. The lowest BCUT2D eigenvalue weighted by Gasteiger charge is -2.18. The topological polar surface area (TPSA) is 72.1 Å². The predicted octanol–water partition coefficient (Wildman–Crippen LogP) is 2.68. The van der Waals surface area contributed by atoms with Gasteiger partial charge in [-0.25, -0.2) is 0 Å². The number of guanidine groups is 1. The van der Waals surface area contributed by atoms with Crippen LogP contribution in [0.2, 0.25) is 0 Å². The molecule has 0 unspecified atom stereocenters. The van der Waals surface area contributed by atoms with Crippen molar-refractivity contribution in [2.24, 2.45) is 10.7 Å². The quantitative estimate of drug-likeness (QED) is 0.382. The molecule has 0 fully saturated rings. The van der Waals surface area contributed by atoms with E-state index in [2.05, 4.69) is 34.4 Å². The Balaban J connectivity index is 1.68. The molecule has 0 bridgehead atoms. The summed E-state index contributed by atoms with van der Waals surface area (Å²) in [6, 6.07) is 16.2. The maximum atomic E-state index is 5.95. The summed E-state index contributed by atoms with van der Waals surface area (Å²) in [5.74, 6) is 1.95. The van der Waals surface area contributed by atoms with Gasteiger partial charge in [-0.3, -0.25) is 4.99 Å². The maximum absolute atomic E-state index is 5.95. The van der Waals surface area contributed by atoms with Crippen LogP contribution in [0.4, 0.5) is 5.69 Å². The Morgan fingerprint density at radius 2 is 1.81 bits per heavy atom. The van der Waals surface area contributed by atoms with Crippen molar-refractivity contribution in [1.82, 2.24) is 5.32 Å². The van der Waals surface area contributed by atoms with Crippen molar-refractivity contribution in [1.29, 1.82) is 0 Å². The summed E-state index contributed by atoms with van der Waals surface area (Å²) in [6.07, 6.45) is 1.77. The van der Waals surface area contributed by atoms with Crippen LogP contribution in [0.5, 0.6) is 11.5 Å². The third-order valence-corrected chi connectivity index (χ3v) is 4.30.